The standard InChI is InChI=1S/C23H25F2N5O3S/c1-6-7-33-18(27-4)11-28-13(2)20(31)29-14-8-15(19(25)16(24)9-14)22(3)17-10-23(17,12-32-5)34-21(26)30-22/h1,8-9,11,17H,4,7,10,12H2,2-3,5H3,(H2,26,30)(H,29,31)/b18-11+,28-13+/t17-,22+,23+/m0/s1. The molecule has 11 heteroatoms. The van der Waals surface area contributed by atoms with Crippen LogP contribution in [0.4, 0.5) is 14.5 Å². The van der Waals surface area contributed by atoms with E-state index in [0.717, 1.165) is 6.07 Å². The second kappa shape index (κ2) is 9.95. The summed E-state index contributed by atoms with van der Waals surface area (Å²) in [4.78, 5) is 24.6. The van der Waals surface area contributed by atoms with Crippen molar-refractivity contribution in [1.29, 1.82) is 0 Å². The molecule has 8 nitrogen and oxygen atoms in total. The fraction of sp³-hybridized carbons (Fsp3) is 0.391. The summed E-state index contributed by atoms with van der Waals surface area (Å²) < 4.78 is 39.6. The Morgan fingerprint density at radius 1 is 1.53 bits per heavy atom. The molecule has 1 aliphatic carbocycles. The summed E-state index contributed by atoms with van der Waals surface area (Å²) in [6.45, 7) is 6.84. The zero-order chi connectivity index (χ0) is 25.1. The molecule has 0 saturated heterocycles. The molecular formula is C23H25F2N5O3S. The van der Waals surface area contributed by atoms with Crippen LogP contribution in [-0.4, -0.2) is 48.6 Å². The van der Waals surface area contributed by atoms with Crippen molar-refractivity contribution in [2.75, 3.05) is 25.6 Å². The number of thioether (sulfide) groups is 1. The number of halogens is 2. The van der Waals surface area contributed by atoms with E-state index in [0.29, 0.717) is 13.0 Å². The molecule has 1 amide bonds. The summed E-state index contributed by atoms with van der Waals surface area (Å²) in [7, 11) is 1.58. The van der Waals surface area contributed by atoms with Gasteiger partial charge in [-0.25, -0.2) is 13.8 Å². The second-order valence-corrected chi connectivity index (χ2v) is 9.50. The molecule has 3 N–H and O–H groups in total. The highest BCUT2D eigenvalue weighted by Gasteiger charge is 2.66. The lowest BCUT2D eigenvalue weighted by Gasteiger charge is -2.34. The molecule has 2 aliphatic rings. The predicted molar refractivity (Wildman–Crippen MR) is 130 cm³/mol. The number of fused-ring (bicyclic) bond motifs is 1. The minimum atomic E-state index is -1.12. The van der Waals surface area contributed by atoms with Gasteiger partial charge in [0.1, 0.15) is 5.71 Å². The number of amidine groups is 1. The van der Waals surface area contributed by atoms with E-state index in [-0.39, 0.29) is 45.3 Å². The number of hydrogen-bond acceptors (Lipinski definition) is 8. The molecule has 0 unspecified atom stereocenters. The van der Waals surface area contributed by atoms with Gasteiger partial charge in [0.2, 0.25) is 5.88 Å². The average Bonchev–Trinajstić information content (AvgIpc) is 3.50. The van der Waals surface area contributed by atoms with Gasteiger partial charge >= 0.3 is 0 Å². The quantitative estimate of drug-likeness (QED) is 0.314. The van der Waals surface area contributed by atoms with Crippen LogP contribution in [0, 0.1) is 29.9 Å². The molecule has 1 heterocycles. The fourth-order valence-electron chi connectivity index (χ4n) is 4.03. The van der Waals surface area contributed by atoms with Gasteiger partial charge in [0, 0.05) is 30.3 Å². The van der Waals surface area contributed by atoms with Crippen LogP contribution in [-0.2, 0) is 19.8 Å². The molecule has 3 rings (SSSR count). The van der Waals surface area contributed by atoms with Gasteiger partial charge in [-0.2, -0.15) is 0 Å². The molecule has 1 saturated carbocycles. The number of benzene rings is 1. The molecule has 1 aliphatic heterocycles. The minimum absolute atomic E-state index is 0.00402. The first kappa shape index (κ1) is 25.4. The van der Waals surface area contributed by atoms with Gasteiger partial charge < -0.3 is 20.5 Å². The van der Waals surface area contributed by atoms with E-state index in [1.165, 1.54) is 31.0 Å². The van der Waals surface area contributed by atoms with Crippen LogP contribution in [0.3, 0.4) is 0 Å². The van der Waals surface area contributed by atoms with Gasteiger partial charge in [0.25, 0.3) is 5.91 Å². The maximum absolute atomic E-state index is 15.0. The number of nitrogens with two attached hydrogens (primary N) is 1. The highest BCUT2D eigenvalue weighted by molar-refractivity contribution is 8.15. The van der Waals surface area contributed by atoms with Crippen molar-refractivity contribution >= 4 is 41.0 Å². The Morgan fingerprint density at radius 3 is 2.91 bits per heavy atom. The molecule has 0 spiro atoms. The Kier molecular flexibility index (Phi) is 7.43. The second-order valence-electron chi connectivity index (χ2n) is 8.06. The van der Waals surface area contributed by atoms with Crippen LogP contribution in [0.25, 0.3) is 0 Å². The first-order chi connectivity index (χ1) is 16.1. The van der Waals surface area contributed by atoms with Crippen molar-refractivity contribution < 1.29 is 23.0 Å². The number of methoxy groups -OCH3 is 1. The van der Waals surface area contributed by atoms with Crippen LogP contribution >= 0.6 is 11.8 Å². The monoisotopic (exact) mass is 489 g/mol. The van der Waals surface area contributed by atoms with Crippen LogP contribution in [0.1, 0.15) is 25.8 Å². The smallest absolute Gasteiger partial charge is 0.269 e. The van der Waals surface area contributed by atoms with Gasteiger partial charge in [0.15, 0.2) is 23.4 Å². The van der Waals surface area contributed by atoms with Crippen molar-refractivity contribution in [3.8, 4) is 12.3 Å². The molecule has 1 fully saturated rings. The third kappa shape index (κ3) is 4.98. The van der Waals surface area contributed by atoms with Crippen LogP contribution < -0.4 is 11.1 Å². The summed E-state index contributed by atoms with van der Waals surface area (Å²) in [5.74, 6) is -0.607. The number of carbonyl (C=O) groups is 1. The van der Waals surface area contributed by atoms with Gasteiger partial charge in [-0.15, -0.1) is 6.42 Å². The molecular weight excluding hydrogens is 464 g/mol. The highest BCUT2D eigenvalue weighted by atomic mass is 32.2. The van der Waals surface area contributed by atoms with Crippen LogP contribution in [0.15, 0.2) is 39.2 Å². The number of nitrogens with one attached hydrogen (secondary N) is 1. The molecule has 0 aromatic heterocycles. The Morgan fingerprint density at radius 2 is 2.26 bits per heavy atom. The molecule has 1 aromatic rings. The van der Waals surface area contributed by atoms with Crippen molar-refractivity contribution in [2.45, 2.75) is 30.6 Å². The van der Waals surface area contributed by atoms with E-state index in [1.807, 2.05) is 0 Å². The zero-order valence-electron chi connectivity index (χ0n) is 19.0. The molecule has 180 valence electrons. The molecule has 1 aromatic carbocycles. The Balaban J connectivity index is 1.88. The molecule has 3 atom stereocenters. The topological polar surface area (TPSA) is 111 Å². The maximum atomic E-state index is 15.0. The maximum Gasteiger partial charge on any atom is 0.269 e. The summed E-state index contributed by atoms with van der Waals surface area (Å²) in [5, 5.41) is 2.81. The third-order valence-electron chi connectivity index (χ3n) is 5.73. The number of nitrogens with zero attached hydrogens (tertiary/aromatic N) is 3. The van der Waals surface area contributed by atoms with Crippen molar-refractivity contribution in [2.24, 2.45) is 26.6 Å². The number of carbonyl (C=O) groups excluding carboxylic acids is 1. The number of hydrogen-bond donors (Lipinski definition) is 2. The van der Waals surface area contributed by atoms with E-state index in [2.05, 4.69) is 32.9 Å². The van der Waals surface area contributed by atoms with E-state index in [9.17, 15) is 13.6 Å². The molecule has 0 radical (unpaired) electrons. The lowest BCUT2D eigenvalue weighted by molar-refractivity contribution is -0.110. The summed E-state index contributed by atoms with van der Waals surface area (Å²) in [5.41, 5.74) is 4.99. The number of terminal acetylenes is 1. The number of amides is 1. The fourth-order valence-corrected chi connectivity index (χ4v) is 5.48. The highest BCUT2D eigenvalue weighted by Crippen LogP contribution is 2.66. The SMILES string of the molecule is C#CCO/C(=C/N=C(\C)C(=O)Nc1cc(F)c(F)c([C@@]2(C)N=C(N)S[C@@]3(COC)C[C@H]32)c1)N=C. The van der Waals surface area contributed by atoms with Gasteiger partial charge in [-0.3, -0.25) is 14.8 Å². The lowest BCUT2D eigenvalue weighted by Crippen LogP contribution is -2.38. The van der Waals surface area contributed by atoms with E-state index in [4.69, 9.17) is 21.6 Å². The van der Waals surface area contributed by atoms with Crippen molar-refractivity contribution in [1.82, 2.24) is 0 Å². The van der Waals surface area contributed by atoms with Crippen molar-refractivity contribution in [3.63, 3.8) is 0 Å². The minimum Gasteiger partial charge on any atom is -0.463 e. The molecule has 0 bridgehead atoms. The number of ether oxygens (including phenoxy) is 2. The molecule has 34 heavy (non-hydrogen) atoms. The van der Waals surface area contributed by atoms with Gasteiger partial charge in [0.05, 0.1) is 23.1 Å². The Hall–Kier alpha value is -3.23. The van der Waals surface area contributed by atoms with Gasteiger partial charge in [-0.1, -0.05) is 17.7 Å². The van der Waals surface area contributed by atoms with Crippen LogP contribution in [0.5, 0.6) is 0 Å². The normalized spacial score (nSPS) is 26.1. The predicted octanol–water partition coefficient (Wildman–Crippen LogP) is 3.20. The Labute approximate surface area is 200 Å². The summed E-state index contributed by atoms with van der Waals surface area (Å²) in [6.07, 6.45) is 6.98. The van der Waals surface area contributed by atoms with Crippen molar-refractivity contribution in [3.05, 3.63) is 41.4 Å². The van der Waals surface area contributed by atoms with Gasteiger partial charge in [-0.05, 0) is 33.1 Å². The van der Waals surface area contributed by atoms with E-state index in [1.54, 1.807) is 14.0 Å². The summed E-state index contributed by atoms with van der Waals surface area (Å²) >= 11 is 1.39. The number of anilines is 1. The largest absolute Gasteiger partial charge is 0.463 e. The first-order valence-electron chi connectivity index (χ1n) is 10.2. The van der Waals surface area contributed by atoms with E-state index < -0.39 is 23.1 Å². The first-order valence-corrected chi connectivity index (χ1v) is 11.0. The number of aliphatic imine (C=N–C) groups is 3. The lowest BCUT2D eigenvalue weighted by atomic mass is 9.85. The summed E-state index contributed by atoms with van der Waals surface area (Å²) in [6, 6.07) is 2.27. The van der Waals surface area contributed by atoms with Crippen LogP contribution in [0.2, 0.25) is 0 Å². The number of rotatable bonds is 9. The average molecular weight is 490 g/mol. The third-order valence-corrected chi connectivity index (χ3v) is 7.01. The van der Waals surface area contributed by atoms with E-state index >= 15 is 0 Å². The Bertz CT molecular complexity index is 1150. The zero-order valence-corrected chi connectivity index (χ0v) is 19.8.